The molecule has 5 nitrogen and oxygen atoms in total. The van der Waals surface area contributed by atoms with Gasteiger partial charge in [-0.15, -0.1) is 24.0 Å². The average molecular weight is 543 g/mol. The third-order valence-electron chi connectivity index (χ3n) is 5.24. The van der Waals surface area contributed by atoms with Gasteiger partial charge in [-0.3, -0.25) is 4.90 Å². The lowest BCUT2D eigenvalue weighted by Gasteiger charge is -2.32. The van der Waals surface area contributed by atoms with Crippen LogP contribution in [0.3, 0.4) is 0 Å². The van der Waals surface area contributed by atoms with Crippen LogP contribution in [0.2, 0.25) is 0 Å². The monoisotopic (exact) mass is 543 g/mol. The average Bonchev–Trinajstić information content (AvgIpc) is 2.75. The highest BCUT2D eigenvalue weighted by Gasteiger charge is 2.13. The Morgan fingerprint density at radius 3 is 2.32 bits per heavy atom. The van der Waals surface area contributed by atoms with Gasteiger partial charge in [-0.1, -0.05) is 24.3 Å². The van der Waals surface area contributed by atoms with Crippen molar-refractivity contribution in [2.45, 2.75) is 26.6 Å². The van der Waals surface area contributed by atoms with Gasteiger partial charge in [-0.25, -0.2) is 13.8 Å². The molecule has 0 unspecified atom stereocenters. The number of piperazine rings is 1. The molecule has 0 aliphatic carbocycles. The van der Waals surface area contributed by atoms with Gasteiger partial charge < -0.3 is 15.5 Å². The summed E-state index contributed by atoms with van der Waals surface area (Å²) in [5, 5.41) is 6.20. The summed E-state index contributed by atoms with van der Waals surface area (Å²) in [7, 11) is 2.16. The maximum atomic E-state index is 13.8. The summed E-state index contributed by atoms with van der Waals surface area (Å²) in [5.74, 6) is -0.315. The molecule has 0 aromatic heterocycles. The number of aliphatic imine (C=N–C) groups is 1. The summed E-state index contributed by atoms with van der Waals surface area (Å²) in [4.78, 5) is 9.40. The molecule has 0 radical (unpaired) electrons. The largest absolute Gasteiger partial charge is 0.357 e. The van der Waals surface area contributed by atoms with Gasteiger partial charge in [0.2, 0.25) is 0 Å². The summed E-state index contributed by atoms with van der Waals surface area (Å²) < 4.78 is 27.2. The van der Waals surface area contributed by atoms with Crippen molar-refractivity contribution >= 4 is 29.9 Å². The number of benzene rings is 2. The van der Waals surface area contributed by atoms with E-state index in [1.165, 1.54) is 11.6 Å². The number of nitrogens with zero attached hydrogens (tertiary/aromatic N) is 3. The van der Waals surface area contributed by atoms with Crippen LogP contribution >= 0.6 is 24.0 Å². The Balaban J connectivity index is 0.00000341. The van der Waals surface area contributed by atoms with Crippen molar-refractivity contribution in [1.82, 2.24) is 20.4 Å². The summed E-state index contributed by atoms with van der Waals surface area (Å²) >= 11 is 0. The van der Waals surface area contributed by atoms with E-state index in [1.807, 2.05) is 6.92 Å². The normalized spacial score (nSPS) is 15.4. The minimum absolute atomic E-state index is 0. The zero-order chi connectivity index (χ0) is 21.3. The first-order chi connectivity index (χ1) is 14.5. The fraction of sp³-hybridized carbons (Fsp3) is 0.435. The van der Waals surface area contributed by atoms with Crippen LogP contribution in [-0.4, -0.2) is 55.5 Å². The smallest absolute Gasteiger partial charge is 0.191 e. The van der Waals surface area contributed by atoms with E-state index in [4.69, 9.17) is 0 Å². The molecule has 0 bridgehead atoms. The van der Waals surface area contributed by atoms with Crippen molar-refractivity contribution in [2.24, 2.45) is 4.99 Å². The lowest BCUT2D eigenvalue weighted by molar-refractivity contribution is 0.148. The van der Waals surface area contributed by atoms with Crippen LogP contribution in [0.1, 0.15) is 23.6 Å². The molecule has 2 N–H and O–H groups in total. The Morgan fingerprint density at radius 1 is 0.968 bits per heavy atom. The molecule has 31 heavy (non-hydrogen) atoms. The van der Waals surface area contributed by atoms with Crippen LogP contribution in [0, 0.1) is 11.6 Å². The van der Waals surface area contributed by atoms with Crippen LogP contribution < -0.4 is 10.6 Å². The maximum Gasteiger partial charge on any atom is 0.191 e. The van der Waals surface area contributed by atoms with Crippen molar-refractivity contribution in [3.63, 3.8) is 0 Å². The Bertz CT molecular complexity index is 836. The van der Waals surface area contributed by atoms with E-state index in [0.717, 1.165) is 50.4 Å². The molecule has 170 valence electrons. The zero-order valence-corrected chi connectivity index (χ0v) is 20.5. The molecule has 0 amide bonds. The zero-order valence-electron chi connectivity index (χ0n) is 18.2. The second-order valence-electron chi connectivity index (χ2n) is 7.68. The summed E-state index contributed by atoms with van der Waals surface area (Å²) in [6.07, 6.45) is 0. The first-order valence-corrected chi connectivity index (χ1v) is 10.5. The van der Waals surface area contributed by atoms with E-state index >= 15 is 0 Å². The highest BCUT2D eigenvalue weighted by atomic mass is 127. The predicted octanol–water partition coefficient (Wildman–Crippen LogP) is 3.59. The number of rotatable bonds is 7. The first kappa shape index (κ1) is 25.5. The summed E-state index contributed by atoms with van der Waals surface area (Å²) in [6.45, 7) is 8.74. The molecular weight excluding hydrogens is 511 g/mol. The lowest BCUT2D eigenvalue weighted by Crippen LogP contribution is -2.43. The van der Waals surface area contributed by atoms with Crippen molar-refractivity contribution in [2.75, 3.05) is 39.8 Å². The molecule has 8 heteroatoms. The number of hydrogen-bond acceptors (Lipinski definition) is 3. The quantitative estimate of drug-likeness (QED) is 0.319. The number of guanidine groups is 1. The standard InChI is InChI=1S/C23H31F2N5.HI/c1-3-26-23(28-16-20-14-21(24)8-9-22(20)25)27-15-18-4-6-19(7-5-18)17-30-12-10-29(2)11-13-30;/h4-9,14H,3,10-13,15-17H2,1-2H3,(H2,26,27,28);1H. The Kier molecular flexibility index (Phi) is 10.6. The van der Waals surface area contributed by atoms with Gasteiger partial charge >= 0.3 is 0 Å². The Labute approximate surface area is 200 Å². The van der Waals surface area contributed by atoms with Gasteiger partial charge in [-0.05, 0) is 43.3 Å². The van der Waals surface area contributed by atoms with Crippen LogP contribution in [0.4, 0.5) is 8.78 Å². The second kappa shape index (κ2) is 12.9. The molecule has 1 heterocycles. The minimum Gasteiger partial charge on any atom is -0.357 e. The number of nitrogens with one attached hydrogen (secondary N) is 2. The Hall–Kier alpha value is -1.78. The van der Waals surface area contributed by atoms with Gasteiger partial charge in [0.25, 0.3) is 0 Å². The number of hydrogen-bond donors (Lipinski definition) is 2. The third kappa shape index (κ3) is 8.34. The summed E-state index contributed by atoms with van der Waals surface area (Å²) in [6, 6.07) is 12.0. The fourth-order valence-electron chi connectivity index (χ4n) is 3.38. The second-order valence-corrected chi connectivity index (χ2v) is 7.68. The molecule has 0 spiro atoms. The maximum absolute atomic E-state index is 13.8. The molecule has 1 saturated heterocycles. The first-order valence-electron chi connectivity index (χ1n) is 10.5. The van der Waals surface area contributed by atoms with E-state index in [-0.39, 0.29) is 36.1 Å². The van der Waals surface area contributed by atoms with Crippen LogP contribution in [0.15, 0.2) is 47.5 Å². The number of likely N-dealkylation sites (N-methyl/N-ethyl adjacent to an activating group) is 1. The van der Waals surface area contributed by atoms with Gasteiger partial charge in [0, 0.05) is 51.4 Å². The van der Waals surface area contributed by atoms with Crippen molar-refractivity contribution in [3.8, 4) is 0 Å². The molecule has 2 aromatic rings. The van der Waals surface area contributed by atoms with Crippen LogP contribution in [0.25, 0.3) is 0 Å². The molecule has 1 aliphatic rings. The van der Waals surface area contributed by atoms with Crippen molar-refractivity contribution < 1.29 is 8.78 Å². The molecule has 2 aromatic carbocycles. The topological polar surface area (TPSA) is 42.9 Å². The number of halogens is 3. The van der Waals surface area contributed by atoms with Gasteiger partial charge in [0.05, 0.1) is 6.54 Å². The highest BCUT2D eigenvalue weighted by molar-refractivity contribution is 14.0. The third-order valence-corrected chi connectivity index (χ3v) is 5.24. The van der Waals surface area contributed by atoms with E-state index in [0.29, 0.717) is 19.0 Å². The molecule has 1 aliphatic heterocycles. The molecule has 0 atom stereocenters. The predicted molar refractivity (Wildman–Crippen MR) is 133 cm³/mol. The van der Waals surface area contributed by atoms with Crippen LogP contribution in [0.5, 0.6) is 0 Å². The summed E-state index contributed by atoms with van der Waals surface area (Å²) in [5.41, 5.74) is 2.68. The van der Waals surface area contributed by atoms with Gasteiger partial charge in [0.15, 0.2) is 5.96 Å². The van der Waals surface area contributed by atoms with E-state index in [2.05, 4.69) is 56.7 Å². The van der Waals surface area contributed by atoms with E-state index < -0.39 is 11.6 Å². The van der Waals surface area contributed by atoms with Crippen LogP contribution in [-0.2, 0) is 19.6 Å². The molecule has 1 fully saturated rings. The van der Waals surface area contributed by atoms with Gasteiger partial charge in [0.1, 0.15) is 11.6 Å². The van der Waals surface area contributed by atoms with E-state index in [9.17, 15) is 8.78 Å². The Morgan fingerprint density at radius 2 is 1.65 bits per heavy atom. The lowest BCUT2D eigenvalue weighted by atomic mass is 10.1. The molecule has 3 rings (SSSR count). The van der Waals surface area contributed by atoms with Crippen molar-refractivity contribution in [3.05, 3.63) is 70.8 Å². The SMILES string of the molecule is CCNC(=NCc1ccc(CN2CCN(C)CC2)cc1)NCc1cc(F)ccc1F.I. The van der Waals surface area contributed by atoms with Crippen molar-refractivity contribution in [1.29, 1.82) is 0 Å². The minimum atomic E-state index is -0.452. The molecular formula is C23H32F2IN5. The molecule has 0 saturated carbocycles. The van der Waals surface area contributed by atoms with Gasteiger partial charge in [-0.2, -0.15) is 0 Å². The van der Waals surface area contributed by atoms with E-state index in [1.54, 1.807) is 0 Å². The highest BCUT2D eigenvalue weighted by Crippen LogP contribution is 2.11. The fourth-order valence-corrected chi connectivity index (χ4v) is 3.38.